The van der Waals surface area contributed by atoms with E-state index in [4.69, 9.17) is 10.00 Å². The molecule has 1 heterocycles. The Morgan fingerprint density at radius 2 is 2.18 bits per heavy atom. The van der Waals surface area contributed by atoms with Crippen molar-refractivity contribution < 1.29 is 14.3 Å². The molecule has 0 aromatic heterocycles. The maximum atomic E-state index is 12.8. The Bertz CT molecular complexity index is 606. The first-order chi connectivity index (χ1) is 10.6. The first kappa shape index (κ1) is 15.9. The Hall–Kier alpha value is -2.45. The highest BCUT2D eigenvalue weighted by Crippen LogP contribution is 2.30. The third-order valence-electron chi connectivity index (χ3n) is 3.71. The maximum absolute atomic E-state index is 12.8. The van der Waals surface area contributed by atoms with Gasteiger partial charge < -0.3 is 4.74 Å². The second-order valence-corrected chi connectivity index (χ2v) is 5.12. The van der Waals surface area contributed by atoms with Gasteiger partial charge in [-0.1, -0.05) is 24.3 Å². The Labute approximate surface area is 129 Å². The number of nitrogens with zero attached hydrogens (tertiary/aromatic N) is 2. The van der Waals surface area contributed by atoms with Crippen molar-refractivity contribution in [2.45, 2.75) is 24.9 Å². The number of carbonyl (C=O) groups is 2. The number of imide groups is 1. The fourth-order valence-corrected chi connectivity index (χ4v) is 2.59. The lowest BCUT2D eigenvalue weighted by molar-refractivity contribution is -0.168. The number of nitriles is 1. The van der Waals surface area contributed by atoms with E-state index in [1.807, 2.05) is 12.1 Å². The van der Waals surface area contributed by atoms with Gasteiger partial charge in [-0.05, 0) is 18.6 Å². The number of hydrogen-bond donors (Lipinski definition) is 0. The highest BCUT2D eigenvalue weighted by molar-refractivity contribution is 6.07. The molecule has 1 aromatic carbocycles. The summed E-state index contributed by atoms with van der Waals surface area (Å²) in [6.07, 6.45) is 2.32. The van der Waals surface area contributed by atoms with Crippen molar-refractivity contribution >= 4 is 11.8 Å². The van der Waals surface area contributed by atoms with Gasteiger partial charge in [0.25, 0.3) is 11.8 Å². The molecule has 0 saturated carbocycles. The van der Waals surface area contributed by atoms with Crippen molar-refractivity contribution in [2.24, 2.45) is 0 Å². The van der Waals surface area contributed by atoms with Crippen LogP contribution in [0, 0.1) is 11.3 Å². The zero-order chi connectivity index (χ0) is 16.0. The van der Waals surface area contributed by atoms with Crippen LogP contribution in [-0.4, -0.2) is 35.5 Å². The van der Waals surface area contributed by atoms with Crippen LogP contribution in [0.25, 0.3) is 0 Å². The first-order valence-electron chi connectivity index (χ1n) is 7.18. The molecule has 0 unspecified atom stereocenters. The van der Waals surface area contributed by atoms with Gasteiger partial charge in [-0.25, -0.2) is 0 Å². The monoisotopic (exact) mass is 298 g/mol. The van der Waals surface area contributed by atoms with Gasteiger partial charge in [0.05, 0.1) is 19.2 Å². The van der Waals surface area contributed by atoms with E-state index in [9.17, 15) is 9.59 Å². The fraction of sp³-hybridized carbons (Fsp3) is 0.353. The summed E-state index contributed by atoms with van der Waals surface area (Å²) in [5, 5.41) is 8.80. The molecule has 2 rings (SSSR count). The Morgan fingerprint density at radius 1 is 1.45 bits per heavy atom. The van der Waals surface area contributed by atoms with E-state index in [1.165, 1.54) is 4.90 Å². The van der Waals surface area contributed by atoms with Crippen molar-refractivity contribution in [2.75, 3.05) is 13.2 Å². The highest BCUT2D eigenvalue weighted by atomic mass is 16.5. The summed E-state index contributed by atoms with van der Waals surface area (Å²) >= 11 is 0. The van der Waals surface area contributed by atoms with E-state index >= 15 is 0 Å². The summed E-state index contributed by atoms with van der Waals surface area (Å²) in [6.45, 7) is 4.14. The van der Waals surface area contributed by atoms with Crippen LogP contribution in [0.3, 0.4) is 0 Å². The summed E-state index contributed by atoms with van der Waals surface area (Å²) in [5.41, 5.74) is -0.689. The predicted octanol–water partition coefficient (Wildman–Crippen LogP) is 2.30. The molecule has 1 aliphatic rings. The van der Waals surface area contributed by atoms with Crippen LogP contribution >= 0.6 is 0 Å². The minimum Gasteiger partial charge on any atom is -0.363 e. The molecule has 1 saturated heterocycles. The van der Waals surface area contributed by atoms with Crippen LogP contribution in [0.4, 0.5) is 0 Å². The van der Waals surface area contributed by atoms with E-state index < -0.39 is 5.60 Å². The normalized spacial score (nSPS) is 21.2. The lowest BCUT2D eigenvalue weighted by atomic mass is 9.90. The molecule has 1 fully saturated rings. The SMILES string of the molecule is C=CC[C@]1(CCC#N)OCCN(C(=O)c2ccccc2)C1=O. The molecule has 1 aromatic rings. The third kappa shape index (κ3) is 3.07. The van der Waals surface area contributed by atoms with Gasteiger partial charge in [0.15, 0.2) is 5.60 Å². The topological polar surface area (TPSA) is 70.4 Å². The summed E-state index contributed by atoms with van der Waals surface area (Å²) in [7, 11) is 0. The number of carbonyl (C=O) groups excluding carboxylic acids is 2. The molecule has 5 heteroatoms. The number of benzene rings is 1. The predicted molar refractivity (Wildman–Crippen MR) is 80.8 cm³/mol. The Kier molecular flexibility index (Phi) is 5.08. The smallest absolute Gasteiger partial charge is 0.262 e. The summed E-state index contributed by atoms with van der Waals surface area (Å²) in [5.74, 6) is -0.720. The number of hydrogen-bond acceptors (Lipinski definition) is 4. The molecule has 1 atom stereocenters. The summed E-state index contributed by atoms with van der Waals surface area (Å²) < 4.78 is 5.67. The number of rotatable bonds is 5. The highest BCUT2D eigenvalue weighted by Gasteiger charge is 2.46. The number of amides is 2. The molecule has 1 aliphatic heterocycles. The zero-order valence-corrected chi connectivity index (χ0v) is 12.3. The van der Waals surface area contributed by atoms with E-state index in [0.29, 0.717) is 5.56 Å². The average molecular weight is 298 g/mol. The van der Waals surface area contributed by atoms with Crippen molar-refractivity contribution in [3.63, 3.8) is 0 Å². The largest absolute Gasteiger partial charge is 0.363 e. The van der Waals surface area contributed by atoms with Gasteiger partial charge in [-0.3, -0.25) is 14.5 Å². The fourth-order valence-electron chi connectivity index (χ4n) is 2.59. The second-order valence-electron chi connectivity index (χ2n) is 5.12. The van der Waals surface area contributed by atoms with Crippen LogP contribution in [0.2, 0.25) is 0 Å². The van der Waals surface area contributed by atoms with Crippen LogP contribution in [0.15, 0.2) is 43.0 Å². The van der Waals surface area contributed by atoms with Gasteiger partial charge in [0, 0.05) is 18.4 Å². The molecular formula is C17H18N2O3. The number of morpholine rings is 1. The maximum Gasteiger partial charge on any atom is 0.262 e. The molecule has 2 amide bonds. The second kappa shape index (κ2) is 7.01. The van der Waals surface area contributed by atoms with Gasteiger partial charge in [0.2, 0.25) is 0 Å². The molecule has 0 N–H and O–H groups in total. The van der Waals surface area contributed by atoms with Crippen molar-refractivity contribution in [1.82, 2.24) is 4.90 Å². The zero-order valence-electron chi connectivity index (χ0n) is 12.3. The molecule has 5 nitrogen and oxygen atoms in total. The van der Waals surface area contributed by atoms with E-state index in [2.05, 4.69) is 6.58 Å². The molecule has 22 heavy (non-hydrogen) atoms. The Balaban J connectivity index is 2.26. The summed E-state index contributed by atoms with van der Waals surface area (Å²) in [6, 6.07) is 10.7. The molecule has 0 bridgehead atoms. The van der Waals surface area contributed by atoms with Crippen LogP contribution < -0.4 is 0 Å². The van der Waals surface area contributed by atoms with Gasteiger partial charge >= 0.3 is 0 Å². The van der Waals surface area contributed by atoms with Crippen molar-refractivity contribution in [1.29, 1.82) is 5.26 Å². The molecule has 0 aliphatic carbocycles. The molecule has 114 valence electrons. The van der Waals surface area contributed by atoms with E-state index in [1.54, 1.807) is 30.3 Å². The van der Waals surface area contributed by atoms with Crippen molar-refractivity contribution in [3.05, 3.63) is 48.6 Å². The standard InChI is InChI=1S/C17H18N2O3/c1-2-9-17(10-6-11-18)16(21)19(12-13-22-17)15(20)14-7-4-3-5-8-14/h2-5,7-8H,1,6,9-10,12-13H2/t17-/m1/s1. The quantitative estimate of drug-likeness (QED) is 0.618. The van der Waals surface area contributed by atoms with Crippen molar-refractivity contribution in [3.8, 4) is 6.07 Å². The third-order valence-corrected chi connectivity index (χ3v) is 3.71. The summed E-state index contributed by atoms with van der Waals surface area (Å²) in [4.78, 5) is 26.5. The molecular weight excluding hydrogens is 280 g/mol. The first-order valence-corrected chi connectivity index (χ1v) is 7.18. The molecule has 0 radical (unpaired) electrons. The van der Waals surface area contributed by atoms with Crippen LogP contribution in [0.1, 0.15) is 29.6 Å². The van der Waals surface area contributed by atoms with Crippen LogP contribution in [-0.2, 0) is 9.53 Å². The lowest BCUT2D eigenvalue weighted by Gasteiger charge is -2.40. The minimum absolute atomic E-state index is 0.187. The average Bonchev–Trinajstić information content (AvgIpc) is 2.56. The Morgan fingerprint density at radius 3 is 2.82 bits per heavy atom. The number of ether oxygens (including phenoxy) is 1. The van der Waals surface area contributed by atoms with Crippen LogP contribution in [0.5, 0.6) is 0 Å². The van der Waals surface area contributed by atoms with Gasteiger partial charge in [-0.15, -0.1) is 6.58 Å². The van der Waals surface area contributed by atoms with Gasteiger partial charge in [0.1, 0.15) is 0 Å². The van der Waals surface area contributed by atoms with E-state index in [-0.39, 0.29) is 44.2 Å². The van der Waals surface area contributed by atoms with E-state index in [0.717, 1.165) is 0 Å². The minimum atomic E-state index is -1.15. The molecule has 0 spiro atoms. The lowest BCUT2D eigenvalue weighted by Crippen LogP contribution is -2.58. The van der Waals surface area contributed by atoms with Gasteiger partial charge in [-0.2, -0.15) is 5.26 Å².